The van der Waals surface area contributed by atoms with E-state index in [1.54, 1.807) is 0 Å². The SMILES string of the molecule is N[C@@H]1[C@@H](OS(=O)(=O)O)[C@H](O[C@@H]2O[C@@H](C(=O)O)[C@@H](O[C@H]3O[C@H](COS(=O)(=O)O)[C@@H](O[C@@H]4O[C@H](C(=O)O)[C@@H](O[C@H]5O[C@H](COS(=O)(=O)O)[C@@H](O)[C@H](O)[C@H]5N)[C@H](O)[C@H]4O)[C@H](OS(=O)(=O)O)[C@H]3N)[C@H](O)[C@H]2O)[C@@H](COS(=O)(=O)O)O[C@@H]1O. The van der Waals surface area contributed by atoms with Crippen LogP contribution in [0.25, 0.3) is 0 Å². The summed E-state index contributed by atoms with van der Waals surface area (Å²) < 4.78 is 233. The molecule has 0 spiro atoms. The Balaban J connectivity index is 1.44. The number of aliphatic hydroxyl groups excluding tert-OH is 7. The first-order valence-corrected chi connectivity index (χ1v) is 28.0. The van der Waals surface area contributed by atoms with Crippen LogP contribution in [0.3, 0.4) is 0 Å². The number of ether oxygens (including phenoxy) is 9. The summed E-state index contributed by atoms with van der Waals surface area (Å²) in [5.41, 5.74) is 17.7. The van der Waals surface area contributed by atoms with Gasteiger partial charge in [-0.1, -0.05) is 0 Å². The van der Waals surface area contributed by atoms with Crippen molar-refractivity contribution in [3.8, 4) is 0 Å². The molecule has 456 valence electrons. The standard InChI is InChI=1S/C30H51N3O40S5/c31-7-11(35)10(34)4(1-60-74(45,46)47)64-27(7)68-20-12(36)14(38)30(70-22(20)24(40)41)67-17-6(3-62-76(51,52)53)65-28(9(33)19(17)73-78(57,58)59)69-21-13(37)15(39)29(71-23(21)25(42)43)66-16-5(2-61-75(48,49)50)63-26(44)8(32)18(16)72-77(54,55)56/h4-23,26-30,34-39,44H,1-3,31-33H2,(H,40,41)(H,42,43)(H,45,46,47)(H,48,49,50)(H,51,52,53)(H,54,55,56)(H,57,58,59)/t4-,5-,6-,7-,8-,9-,10-,11-,12-,13-,14-,15-,16-,17-,18-,19-,20+,21+,22+,23-,26+,27-,28-,29-,30-/m1/s1. The summed E-state index contributed by atoms with van der Waals surface area (Å²) in [7, 11) is -27.8. The summed E-state index contributed by atoms with van der Waals surface area (Å²) in [5.74, 6) is -4.33. The molecule has 0 amide bonds. The first kappa shape index (κ1) is 66.3. The van der Waals surface area contributed by atoms with Crippen molar-refractivity contribution >= 4 is 63.9 Å². The molecular formula is C30H51N3O40S5. The fraction of sp³-hybridized carbons (Fsp3) is 0.933. The number of carboxylic acid groups (broad SMARTS) is 2. The molecule has 25 atom stereocenters. The van der Waals surface area contributed by atoms with Crippen molar-refractivity contribution in [3.05, 3.63) is 0 Å². The molecule has 0 bridgehead atoms. The molecule has 5 saturated heterocycles. The van der Waals surface area contributed by atoms with E-state index in [4.69, 9.17) is 68.9 Å². The number of carbonyl (C=O) groups is 2. The summed E-state index contributed by atoms with van der Waals surface area (Å²) in [6.07, 6.45) is -54.6. The number of rotatable bonds is 23. The Morgan fingerprint density at radius 2 is 0.705 bits per heavy atom. The Hall–Kier alpha value is -2.47. The molecule has 0 aromatic rings. The molecular weight excluding hydrogens is 1200 g/mol. The average Bonchev–Trinajstić information content (AvgIpc) is 3.29. The Kier molecular flexibility index (Phi) is 21.7. The lowest BCUT2D eigenvalue weighted by Gasteiger charge is -2.49. The van der Waals surface area contributed by atoms with Crippen LogP contribution in [-0.2, 0) is 125 Å². The van der Waals surface area contributed by atoms with Gasteiger partial charge in [0.15, 0.2) is 43.7 Å². The molecule has 0 unspecified atom stereocenters. The van der Waals surface area contributed by atoms with Crippen molar-refractivity contribution in [2.45, 2.75) is 153 Å². The van der Waals surface area contributed by atoms with Gasteiger partial charge in [0.2, 0.25) is 0 Å². The summed E-state index contributed by atoms with van der Waals surface area (Å²) >= 11 is 0. The number of aliphatic carboxylic acids is 2. The van der Waals surface area contributed by atoms with Gasteiger partial charge >= 0.3 is 63.9 Å². The smallest absolute Gasteiger partial charge is 0.397 e. The van der Waals surface area contributed by atoms with Crippen LogP contribution in [-0.4, -0.2) is 296 Å². The zero-order valence-electron chi connectivity index (χ0n) is 38.2. The van der Waals surface area contributed by atoms with Crippen molar-refractivity contribution in [3.63, 3.8) is 0 Å². The van der Waals surface area contributed by atoms with E-state index in [9.17, 15) is 111 Å². The molecule has 5 heterocycles. The second-order valence-corrected chi connectivity index (χ2v) is 22.2. The third-order valence-electron chi connectivity index (χ3n) is 11.5. The molecule has 0 aliphatic carbocycles. The number of carboxylic acids is 2. The maximum Gasteiger partial charge on any atom is 0.397 e. The lowest BCUT2D eigenvalue weighted by molar-refractivity contribution is -0.372. The highest BCUT2D eigenvalue weighted by Gasteiger charge is 2.59. The highest BCUT2D eigenvalue weighted by Crippen LogP contribution is 2.37. The highest BCUT2D eigenvalue weighted by atomic mass is 32.3. The number of hydrogen-bond acceptors (Lipinski definition) is 36. The molecule has 20 N–H and O–H groups in total. The molecule has 0 radical (unpaired) electrons. The topological polar surface area (TPSA) is 695 Å². The zero-order valence-corrected chi connectivity index (χ0v) is 42.3. The molecule has 5 aliphatic heterocycles. The predicted molar refractivity (Wildman–Crippen MR) is 226 cm³/mol. The Bertz CT molecular complexity index is 2660. The van der Waals surface area contributed by atoms with Crippen LogP contribution in [0.15, 0.2) is 0 Å². The van der Waals surface area contributed by atoms with E-state index in [1.165, 1.54) is 0 Å². The van der Waals surface area contributed by atoms with Gasteiger partial charge in [-0.3, -0.25) is 22.8 Å². The van der Waals surface area contributed by atoms with E-state index in [0.717, 1.165) is 0 Å². The van der Waals surface area contributed by atoms with E-state index >= 15 is 0 Å². The van der Waals surface area contributed by atoms with Crippen LogP contribution in [0, 0.1) is 0 Å². The first-order chi connectivity index (χ1) is 35.6. The van der Waals surface area contributed by atoms with Gasteiger partial charge in [0.25, 0.3) is 0 Å². The van der Waals surface area contributed by atoms with Gasteiger partial charge < -0.3 is 106 Å². The molecule has 78 heavy (non-hydrogen) atoms. The van der Waals surface area contributed by atoms with Crippen molar-refractivity contribution in [1.82, 2.24) is 0 Å². The third kappa shape index (κ3) is 17.3. The van der Waals surface area contributed by atoms with Crippen molar-refractivity contribution in [2.24, 2.45) is 17.2 Å². The number of nitrogens with two attached hydrogens (primary N) is 3. The number of hydrogen-bond donors (Lipinski definition) is 17. The molecule has 5 fully saturated rings. The van der Waals surface area contributed by atoms with Gasteiger partial charge in [0.05, 0.1) is 37.9 Å². The molecule has 0 aromatic heterocycles. The lowest BCUT2D eigenvalue weighted by atomic mass is 9.94. The largest absolute Gasteiger partial charge is 0.479 e. The number of aliphatic hydroxyl groups is 7. The molecule has 43 nitrogen and oxygen atoms in total. The second kappa shape index (κ2) is 25.6. The van der Waals surface area contributed by atoms with E-state index in [2.05, 4.69) is 20.9 Å². The normalized spacial score (nSPS) is 42.5. The van der Waals surface area contributed by atoms with E-state index in [-0.39, 0.29) is 0 Å². The maximum atomic E-state index is 12.7. The minimum atomic E-state index is -5.91. The van der Waals surface area contributed by atoms with Gasteiger partial charge in [0.1, 0.15) is 91.6 Å². The van der Waals surface area contributed by atoms with Crippen molar-refractivity contribution < 1.29 is 184 Å². The van der Waals surface area contributed by atoms with Crippen LogP contribution in [0.1, 0.15) is 0 Å². The Morgan fingerprint density at radius 3 is 1.08 bits per heavy atom. The van der Waals surface area contributed by atoms with Crippen LogP contribution in [0.5, 0.6) is 0 Å². The lowest BCUT2D eigenvalue weighted by Crippen LogP contribution is -2.70. The van der Waals surface area contributed by atoms with Crippen LogP contribution in [0.4, 0.5) is 0 Å². The molecule has 5 rings (SSSR count). The molecule has 48 heteroatoms. The predicted octanol–water partition coefficient (Wildman–Crippen LogP) is -12.7. The molecule has 0 saturated carbocycles. The minimum absolute atomic E-state index is 1.24. The average molecular weight is 1250 g/mol. The molecule has 5 aliphatic rings. The summed E-state index contributed by atoms with van der Waals surface area (Å²) in [5, 5.41) is 96.3. The van der Waals surface area contributed by atoms with E-state index < -0.39 is 237 Å². The van der Waals surface area contributed by atoms with Gasteiger partial charge in [-0.25, -0.2) is 30.5 Å². The second-order valence-electron chi connectivity index (χ2n) is 16.9. The Morgan fingerprint density at radius 1 is 0.372 bits per heavy atom. The van der Waals surface area contributed by atoms with Crippen LogP contribution >= 0.6 is 0 Å². The monoisotopic (exact) mass is 1250 g/mol. The van der Waals surface area contributed by atoms with E-state index in [1.807, 2.05) is 0 Å². The fourth-order valence-corrected chi connectivity index (χ4v) is 9.95. The quantitative estimate of drug-likeness (QED) is 0.0422. The minimum Gasteiger partial charge on any atom is -0.479 e. The van der Waals surface area contributed by atoms with Crippen LogP contribution in [0.2, 0.25) is 0 Å². The highest BCUT2D eigenvalue weighted by molar-refractivity contribution is 7.81. The van der Waals surface area contributed by atoms with Crippen molar-refractivity contribution in [1.29, 1.82) is 0 Å². The van der Waals surface area contributed by atoms with Gasteiger partial charge in [-0.15, -0.1) is 0 Å². The van der Waals surface area contributed by atoms with Crippen LogP contribution < -0.4 is 17.2 Å². The first-order valence-electron chi connectivity index (χ1n) is 21.1. The third-order valence-corrected chi connectivity index (χ3v) is 13.7. The maximum absolute atomic E-state index is 12.7. The summed E-state index contributed by atoms with van der Waals surface area (Å²) in [6.45, 7) is -4.34. The van der Waals surface area contributed by atoms with Crippen molar-refractivity contribution in [2.75, 3.05) is 19.8 Å². The van der Waals surface area contributed by atoms with Gasteiger partial charge in [-0.05, 0) is 0 Å². The Labute approximate surface area is 437 Å². The molecule has 0 aromatic carbocycles. The van der Waals surface area contributed by atoms with Gasteiger partial charge in [-0.2, -0.15) is 42.1 Å². The summed E-state index contributed by atoms with van der Waals surface area (Å²) in [4.78, 5) is 25.2. The zero-order chi connectivity index (χ0) is 59.1. The fourth-order valence-electron chi connectivity index (χ4n) is 8.00. The van der Waals surface area contributed by atoms with E-state index in [0.29, 0.717) is 0 Å². The van der Waals surface area contributed by atoms with Gasteiger partial charge in [0, 0.05) is 0 Å². The summed E-state index contributed by atoms with van der Waals surface area (Å²) in [6, 6.07) is -6.48.